The summed E-state index contributed by atoms with van der Waals surface area (Å²) >= 11 is 0. The summed E-state index contributed by atoms with van der Waals surface area (Å²) in [7, 11) is -3.59. The first kappa shape index (κ1) is 19.8. The van der Waals surface area contributed by atoms with Gasteiger partial charge in [0, 0.05) is 32.8 Å². The van der Waals surface area contributed by atoms with Gasteiger partial charge in [0.2, 0.25) is 4.75 Å². The highest BCUT2D eigenvalue weighted by Gasteiger charge is 2.63. The Morgan fingerprint density at radius 3 is 2.64 bits per heavy atom. The molecule has 3 aliphatic rings. The number of aromatic hydroxyl groups is 1. The number of benzene rings is 1. The number of phenolic OH excluding ortho intramolecular Hbond substituents is 1. The molecule has 1 aromatic carbocycles. The highest BCUT2D eigenvalue weighted by molar-refractivity contribution is 8.00. The van der Waals surface area contributed by atoms with Gasteiger partial charge in [-0.25, -0.2) is 0 Å². The minimum atomic E-state index is -3.59. The van der Waals surface area contributed by atoms with Crippen LogP contribution in [-0.4, -0.2) is 74.3 Å². The SMILES string of the molecule is CC1(C)C(=O)N(Cc2ccc(O)cc2)[C@H]2CN(CC3CCOC3)C[C@H]2[S+]1(=O)[O-]. The molecule has 0 aliphatic carbocycles. The highest BCUT2D eigenvalue weighted by atomic mass is 32.3. The van der Waals surface area contributed by atoms with Gasteiger partial charge in [-0.05, 0) is 43.9 Å². The summed E-state index contributed by atoms with van der Waals surface area (Å²) in [6.07, 6.45) is 1.00. The largest absolute Gasteiger partial charge is 0.614 e. The minimum absolute atomic E-state index is 0.167. The first-order valence-electron chi connectivity index (χ1n) is 9.82. The van der Waals surface area contributed by atoms with Gasteiger partial charge >= 0.3 is 0 Å². The Labute approximate surface area is 166 Å². The van der Waals surface area contributed by atoms with Crippen molar-refractivity contribution >= 4 is 16.1 Å². The molecule has 8 heteroatoms. The Morgan fingerprint density at radius 1 is 1.29 bits per heavy atom. The number of carbonyl (C=O) groups is 1. The summed E-state index contributed by atoms with van der Waals surface area (Å²) in [5, 5.41) is 8.94. The fourth-order valence-electron chi connectivity index (χ4n) is 4.66. The van der Waals surface area contributed by atoms with Crippen LogP contribution in [0.2, 0.25) is 0 Å². The van der Waals surface area contributed by atoms with Gasteiger partial charge < -0.3 is 19.3 Å². The van der Waals surface area contributed by atoms with Crippen molar-refractivity contribution in [3.8, 4) is 5.75 Å². The van der Waals surface area contributed by atoms with Crippen molar-refractivity contribution in [3.63, 3.8) is 0 Å². The fourth-order valence-corrected chi connectivity index (χ4v) is 6.83. The van der Waals surface area contributed by atoms with Gasteiger partial charge in [0.25, 0.3) is 5.91 Å². The third-order valence-corrected chi connectivity index (χ3v) is 9.29. The van der Waals surface area contributed by atoms with Crippen molar-refractivity contribution in [2.45, 2.75) is 42.9 Å². The predicted molar refractivity (Wildman–Crippen MR) is 105 cm³/mol. The first-order chi connectivity index (χ1) is 13.2. The van der Waals surface area contributed by atoms with E-state index in [9.17, 15) is 18.7 Å². The summed E-state index contributed by atoms with van der Waals surface area (Å²) < 4.78 is 30.5. The maximum Gasteiger partial charge on any atom is 0.278 e. The summed E-state index contributed by atoms with van der Waals surface area (Å²) in [6, 6.07) is 6.38. The van der Waals surface area contributed by atoms with Crippen LogP contribution in [0.1, 0.15) is 25.8 Å². The Bertz CT molecular complexity index is 790. The van der Waals surface area contributed by atoms with Gasteiger partial charge in [-0.15, -0.1) is 4.21 Å². The summed E-state index contributed by atoms with van der Waals surface area (Å²) in [6.45, 7) is 6.73. The molecule has 3 aliphatic heterocycles. The van der Waals surface area contributed by atoms with Gasteiger partial charge in [-0.1, -0.05) is 12.1 Å². The number of sulfone groups is 1. The van der Waals surface area contributed by atoms with E-state index in [-0.39, 0.29) is 17.7 Å². The summed E-state index contributed by atoms with van der Waals surface area (Å²) in [5.41, 5.74) is 0.877. The Balaban J connectivity index is 1.60. The van der Waals surface area contributed by atoms with E-state index < -0.39 is 20.2 Å². The lowest BCUT2D eigenvalue weighted by atomic mass is 10.1. The van der Waals surface area contributed by atoms with Crippen LogP contribution in [0.4, 0.5) is 0 Å². The maximum absolute atomic E-state index is 13.2. The van der Waals surface area contributed by atoms with Gasteiger partial charge in [0.1, 0.15) is 5.75 Å². The quantitative estimate of drug-likeness (QED) is 0.754. The Kier molecular flexibility index (Phi) is 5.02. The van der Waals surface area contributed by atoms with E-state index in [1.54, 1.807) is 29.2 Å². The number of ether oxygens (including phenoxy) is 1. The van der Waals surface area contributed by atoms with E-state index in [4.69, 9.17) is 4.74 Å². The van der Waals surface area contributed by atoms with E-state index >= 15 is 0 Å². The van der Waals surface area contributed by atoms with Crippen LogP contribution in [0.5, 0.6) is 5.75 Å². The average Bonchev–Trinajstić information content (AvgIpc) is 3.30. The first-order valence-corrected chi connectivity index (χ1v) is 11.4. The molecule has 4 rings (SSSR count). The number of nitrogens with zero attached hydrogens (tertiary/aromatic N) is 2. The van der Waals surface area contributed by atoms with Crippen LogP contribution in [0.25, 0.3) is 0 Å². The van der Waals surface area contributed by atoms with Gasteiger partial charge in [-0.2, -0.15) is 0 Å². The zero-order chi connectivity index (χ0) is 20.1. The topological polar surface area (TPSA) is 93.1 Å². The lowest BCUT2D eigenvalue weighted by Crippen LogP contribution is -2.67. The van der Waals surface area contributed by atoms with Crippen LogP contribution in [0.15, 0.2) is 24.3 Å². The van der Waals surface area contributed by atoms with E-state index in [2.05, 4.69) is 4.90 Å². The van der Waals surface area contributed by atoms with Crippen LogP contribution in [0, 0.1) is 5.92 Å². The maximum atomic E-state index is 13.2. The van der Waals surface area contributed by atoms with Crippen molar-refractivity contribution in [2.24, 2.45) is 5.92 Å². The van der Waals surface area contributed by atoms with Crippen LogP contribution in [-0.2, 0) is 30.5 Å². The fraction of sp³-hybridized carbons (Fsp3) is 0.650. The molecule has 0 bridgehead atoms. The van der Waals surface area contributed by atoms with Crippen molar-refractivity contribution < 1.29 is 23.4 Å². The molecule has 4 atom stereocenters. The van der Waals surface area contributed by atoms with Gasteiger partial charge in [0.15, 0.2) is 5.25 Å². The number of hydrogen-bond acceptors (Lipinski definition) is 6. The lowest BCUT2D eigenvalue weighted by Gasteiger charge is -2.47. The third kappa shape index (κ3) is 3.26. The van der Waals surface area contributed by atoms with E-state index in [0.717, 1.165) is 31.7 Å². The molecule has 2 unspecified atom stereocenters. The van der Waals surface area contributed by atoms with E-state index in [1.807, 2.05) is 0 Å². The molecule has 1 aromatic rings. The average molecular weight is 409 g/mol. The molecule has 28 heavy (non-hydrogen) atoms. The molecule has 1 N–H and O–H groups in total. The van der Waals surface area contributed by atoms with E-state index in [0.29, 0.717) is 25.6 Å². The van der Waals surface area contributed by atoms with Gasteiger partial charge in [-0.3, -0.25) is 9.69 Å². The Morgan fingerprint density at radius 2 is 2.00 bits per heavy atom. The third-order valence-electron chi connectivity index (χ3n) is 6.43. The number of hydrogen-bond donors (Lipinski definition) is 1. The molecule has 3 heterocycles. The molecule has 7 nitrogen and oxygen atoms in total. The molecule has 0 radical (unpaired) electrons. The van der Waals surface area contributed by atoms with Crippen LogP contribution >= 0.6 is 0 Å². The number of phenols is 1. The van der Waals surface area contributed by atoms with Gasteiger partial charge in [0.05, 0.1) is 22.9 Å². The van der Waals surface area contributed by atoms with Crippen molar-refractivity contribution in [1.82, 2.24) is 9.80 Å². The molecule has 3 saturated heterocycles. The second kappa shape index (κ2) is 7.09. The number of amides is 1. The molecular formula is C20H28N2O5S. The zero-order valence-electron chi connectivity index (χ0n) is 16.4. The summed E-state index contributed by atoms with van der Waals surface area (Å²) in [5.74, 6) is 0.255. The molecule has 3 fully saturated rings. The molecular weight excluding hydrogens is 380 g/mol. The monoisotopic (exact) mass is 408 g/mol. The highest BCUT2D eigenvalue weighted by Crippen LogP contribution is 2.41. The molecule has 0 saturated carbocycles. The smallest absolute Gasteiger partial charge is 0.278 e. The van der Waals surface area contributed by atoms with Crippen LogP contribution in [0.3, 0.4) is 0 Å². The van der Waals surface area contributed by atoms with E-state index in [1.165, 1.54) is 13.8 Å². The number of fused-ring (bicyclic) bond motifs is 1. The number of carbonyl (C=O) groups excluding carboxylic acids is 1. The standard InChI is InChI=1S/C20H28N2O5S/c1-20(2)19(24)22(10-14-3-5-16(23)6-4-14)17-11-21(9-15-7-8-27-13-15)12-18(17)28(20,25)26/h3-6,15,17-18H,7-13H2,1-2H3,(H-,23,25,26)/t15?,17-,18+/m0/s1. The molecule has 154 valence electrons. The molecule has 0 aromatic heterocycles. The second-order valence-electron chi connectivity index (χ2n) is 8.71. The second-order valence-corrected chi connectivity index (χ2v) is 11.4. The van der Waals surface area contributed by atoms with Crippen molar-refractivity contribution in [3.05, 3.63) is 29.8 Å². The molecule has 1 amide bonds. The van der Waals surface area contributed by atoms with Crippen molar-refractivity contribution in [1.29, 1.82) is 0 Å². The number of rotatable bonds is 4. The van der Waals surface area contributed by atoms with Crippen molar-refractivity contribution in [2.75, 3.05) is 32.8 Å². The number of likely N-dealkylation sites (tertiary alicyclic amines) is 1. The predicted octanol–water partition coefficient (Wildman–Crippen LogP) is 1.23. The zero-order valence-corrected chi connectivity index (χ0v) is 17.2. The molecule has 0 spiro atoms. The van der Waals surface area contributed by atoms with Crippen LogP contribution < -0.4 is 0 Å². The Hall–Kier alpha value is -1.48. The summed E-state index contributed by atoms with van der Waals surface area (Å²) in [4.78, 5) is 17.1. The minimum Gasteiger partial charge on any atom is -0.614 e. The lowest BCUT2D eigenvalue weighted by molar-refractivity contribution is -0.137. The normalized spacial score (nSPS) is 35.3.